The van der Waals surface area contributed by atoms with E-state index in [2.05, 4.69) is 0 Å². The minimum Gasteiger partial charge on any atom is -0.325 e. The van der Waals surface area contributed by atoms with Gasteiger partial charge in [-0.2, -0.15) is 0 Å². The predicted octanol–water partition coefficient (Wildman–Crippen LogP) is 1.41. The maximum absolute atomic E-state index is 6.32. The Kier molecular flexibility index (Phi) is 5.44. The summed E-state index contributed by atoms with van der Waals surface area (Å²) in [4.78, 5) is -0.971. The lowest BCUT2D eigenvalue weighted by Crippen LogP contribution is -2.56. The van der Waals surface area contributed by atoms with Gasteiger partial charge in [0.2, 0.25) is 0 Å². The van der Waals surface area contributed by atoms with Crippen molar-refractivity contribution in [2.24, 2.45) is 22.9 Å². The second-order valence-corrected chi connectivity index (χ2v) is 8.25. The molecule has 112 valence electrons. The molecule has 0 spiro atoms. The van der Waals surface area contributed by atoms with Gasteiger partial charge in [0.1, 0.15) is 9.74 Å². The number of hydrogen-bond donors (Lipinski definition) is 4. The Balaban J connectivity index is 1.82. The lowest BCUT2D eigenvalue weighted by molar-refractivity contribution is 0.336. The van der Waals surface area contributed by atoms with Crippen molar-refractivity contribution in [2.75, 3.05) is 0 Å². The quantitative estimate of drug-likeness (QED) is 0.459. The first-order chi connectivity index (χ1) is 8.96. The van der Waals surface area contributed by atoms with E-state index in [9.17, 15) is 0 Å². The molecular formula is C12H26N4OS2. The molecule has 4 atom stereocenters. The van der Waals surface area contributed by atoms with Crippen LogP contribution >= 0.6 is 24.1 Å². The topological polar surface area (TPSA) is 113 Å². The molecule has 0 bridgehead atoms. The molecule has 7 heteroatoms. The van der Waals surface area contributed by atoms with Crippen LogP contribution in [0.2, 0.25) is 0 Å². The van der Waals surface area contributed by atoms with Crippen molar-refractivity contribution in [1.29, 1.82) is 0 Å². The summed E-state index contributed by atoms with van der Waals surface area (Å²) >= 11 is 2.56. The molecule has 0 heterocycles. The molecule has 2 saturated carbocycles. The van der Waals surface area contributed by atoms with E-state index in [4.69, 9.17) is 26.6 Å². The summed E-state index contributed by atoms with van der Waals surface area (Å²) in [6.45, 7) is 0. The van der Waals surface area contributed by atoms with E-state index < -0.39 is 9.74 Å². The highest BCUT2D eigenvalue weighted by Gasteiger charge is 2.40. The molecule has 19 heavy (non-hydrogen) atoms. The summed E-state index contributed by atoms with van der Waals surface area (Å²) in [5.41, 5.74) is 24.9. The molecule has 0 radical (unpaired) electrons. The zero-order valence-corrected chi connectivity index (χ0v) is 13.0. The Bertz CT molecular complexity index is 281. The van der Waals surface area contributed by atoms with Crippen molar-refractivity contribution < 1.29 is 3.63 Å². The maximum Gasteiger partial charge on any atom is 0.105 e. The Hall–Kier alpha value is 0.500. The van der Waals surface area contributed by atoms with Gasteiger partial charge >= 0.3 is 0 Å². The van der Waals surface area contributed by atoms with Gasteiger partial charge in [-0.25, -0.2) is 3.63 Å². The van der Waals surface area contributed by atoms with E-state index in [1.54, 1.807) is 0 Å². The SMILES string of the molecule is NC1CCCCC1(N)SOSC1(N)CCCCC1N. The lowest BCUT2D eigenvalue weighted by atomic mass is 9.91. The van der Waals surface area contributed by atoms with E-state index in [-0.39, 0.29) is 12.1 Å². The molecule has 0 aromatic carbocycles. The predicted molar refractivity (Wildman–Crippen MR) is 83.0 cm³/mol. The zero-order valence-electron chi connectivity index (χ0n) is 11.3. The van der Waals surface area contributed by atoms with Crippen LogP contribution in [-0.2, 0) is 3.63 Å². The third-order valence-corrected chi connectivity index (χ3v) is 6.48. The highest BCUT2D eigenvalue weighted by atomic mass is 32.2. The van der Waals surface area contributed by atoms with Gasteiger partial charge in [0.15, 0.2) is 0 Å². The lowest BCUT2D eigenvalue weighted by Gasteiger charge is -2.40. The van der Waals surface area contributed by atoms with Gasteiger partial charge in [-0.05, 0) is 25.7 Å². The monoisotopic (exact) mass is 306 g/mol. The standard InChI is InChI=1S/C12H26N4OS2/c13-9-5-1-3-7-11(9,15)18-17-19-12(16)8-4-2-6-10(12)14/h9-10H,1-8,13-16H2. The number of hydrogen-bond acceptors (Lipinski definition) is 7. The third kappa shape index (κ3) is 3.78. The fourth-order valence-electron chi connectivity index (χ4n) is 2.74. The van der Waals surface area contributed by atoms with Crippen LogP contribution in [0, 0.1) is 0 Å². The smallest absolute Gasteiger partial charge is 0.105 e. The second kappa shape index (κ2) is 6.51. The number of rotatable bonds is 4. The molecule has 0 aromatic rings. The fraction of sp³-hybridized carbons (Fsp3) is 1.00. The van der Waals surface area contributed by atoms with Gasteiger partial charge in [0, 0.05) is 36.2 Å². The van der Waals surface area contributed by atoms with E-state index in [0.717, 1.165) is 51.4 Å². The van der Waals surface area contributed by atoms with Crippen molar-refractivity contribution in [2.45, 2.75) is 73.2 Å². The first-order valence-electron chi connectivity index (χ1n) is 7.09. The van der Waals surface area contributed by atoms with Crippen molar-refractivity contribution in [3.63, 3.8) is 0 Å². The molecule has 2 aliphatic carbocycles. The van der Waals surface area contributed by atoms with Crippen LogP contribution < -0.4 is 22.9 Å². The van der Waals surface area contributed by atoms with Gasteiger partial charge in [0.25, 0.3) is 0 Å². The van der Waals surface area contributed by atoms with Crippen LogP contribution in [0.25, 0.3) is 0 Å². The molecular weight excluding hydrogens is 280 g/mol. The summed E-state index contributed by atoms with van der Waals surface area (Å²) in [5, 5.41) is 0. The highest BCUT2D eigenvalue weighted by molar-refractivity contribution is 8.09. The highest BCUT2D eigenvalue weighted by Crippen LogP contribution is 2.42. The third-order valence-electron chi connectivity index (χ3n) is 4.30. The Labute approximate surface area is 124 Å². The first-order valence-corrected chi connectivity index (χ1v) is 8.57. The molecule has 0 amide bonds. The van der Waals surface area contributed by atoms with Crippen molar-refractivity contribution in [3.05, 3.63) is 0 Å². The van der Waals surface area contributed by atoms with Crippen LogP contribution in [-0.4, -0.2) is 21.8 Å². The van der Waals surface area contributed by atoms with E-state index in [0.29, 0.717) is 0 Å². The number of nitrogens with two attached hydrogens (primary N) is 4. The molecule has 2 rings (SSSR count). The average molecular weight is 307 g/mol. The molecule has 2 fully saturated rings. The minimum absolute atomic E-state index is 0.0133. The summed E-state index contributed by atoms with van der Waals surface area (Å²) in [6.07, 6.45) is 8.23. The van der Waals surface area contributed by atoms with Crippen LogP contribution in [0.3, 0.4) is 0 Å². The maximum atomic E-state index is 6.32. The fourth-order valence-corrected chi connectivity index (χ4v) is 4.83. The zero-order chi connectivity index (χ0) is 13.9. The molecule has 4 unspecified atom stereocenters. The molecule has 0 saturated heterocycles. The summed E-state index contributed by atoms with van der Waals surface area (Å²) in [6, 6.07) is -0.0267. The van der Waals surface area contributed by atoms with Gasteiger partial charge in [-0.1, -0.05) is 25.7 Å². The van der Waals surface area contributed by atoms with Crippen LogP contribution in [0.4, 0.5) is 0 Å². The largest absolute Gasteiger partial charge is 0.325 e. The summed E-state index contributed by atoms with van der Waals surface area (Å²) < 4.78 is 5.68. The second-order valence-electron chi connectivity index (χ2n) is 5.85. The Morgan fingerprint density at radius 3 is 1.58 bits per heavy atom. The van der Waals surface area contributed by atoms with Gasteiger partial charge in [-0.3, -0.25) is 0 Å². The van der Waals surface area contributed by atoms with Gasteiger partial charge < -0.3 is 22.9 Å². The van der Waals surface area contributed by atoms with Crippen LogP contribution in [0.5, 0.6) is 0 Å². The molecule has 8 N–H and O–H groups in total. The molecule has 0 aromatic heterocycles. The average Bonchev–Trinajstić information content (AvgIpc) is 2.37. The van der Waals surface area contributed by atoms with E-state index in [1.807, 2.05) is 0 Å². The van der Waals surface area contributed by atoms with Crippen LogP contribution in [0.15, 0.2) is 0 Å². The normalized spacial score (nSPS) is 44.2. The summed E-state index contributed by atoms with van der Waals surface area (Å²) in [5.74, 6) is 0. The van der Waals surface area contributed by atoms with Crippen molar-refractivity contribution in [1.82, 2.24) is 0 Å². The van der Waals surface area contributed by atoms with Crippen molar-refractivity contribution in [3.8, 4) is 0 Å². The van der Waals surface area contributed by atoms with E-state index in [1.165, 1.54) is 24.1 Å². The molecule has 2 aliphatic rings. The first kappa shape index (κ1) is 15.9. The Morgan fingerprint density at radius 1 is 0.789 bits per heavy atom. The van der Waals surface area contributed by atoms with Crippen molar-refractivity contribution >= 4 is 24.1 Å². The molecule has 5 nitrogen and oxygen atoms in total. The molecule has 0 aliphatic heterocycles. The minimum atomic E-state index is -0.486. The van der Waals surface area contributed by atoms with Crippen LogP contribution in [0.1, 0.15) is 51.4 Å². The van der Waals surface area contributed by atoms with Gasteiger partial charge in [0.05, 0.1) is 0 Å². The van der Waals surface area contributed by atoms with E-state index >= 15 is 0 Å². The summed E-state index contributed by atoms with van der Waals surface area (Å²) in [7, 11) is 0. The van der Waals surface area contributed by atoms with Gasteiger partial charge in [-0.15, -0.1) is 0 Å². The Morgan fingerprint density at radius 2 is 1.21 bits per heavy atom.